The number of benzene rings is 5. The van der Waals surface area contributed by atoms with Gasteiger partial charge in [0.2, 0.25) is 0 Å². The van der Waals surface area contributed by atoms with Gasteiger partial charge in [0.15, 0.2) is 0 Å². The van der Waals surface area contributed by atoms with Gasteiger partial charge in [0, 0.05) is 0 Å². The molecule has 0 heterocycles. The molecule has 0 radical (unpaired) electrons. The molecule has 0 N–H and O–H groups in total. The summed E-state index contributed by atoms with van der Waals surface area (Å²) in [5.41, 5.74) is 14.3. The second-order valence-corrected chi connectivity index (χ2v) is 8.59. The Hall–Kier alpha value is -4.16. The largest absolute Gasteiger partial charge is 0.0985 e. The number of hydrogen-bond acceptors (Lipinski definition) is 0. The lowest BCUT2D eigenvalue weighted by Gasteiger charge is -2.21. The minimum absolute atomic E-state index is 0.964. The number of hydrogen-bond donors (Lipinski definition) is 0. The van der Waals surface area contributed by atoms with E-state index < -0.39 is 0 Å². The molecule has 5 aromatic carbocycles. The van der Waals surface area contributed by atoms with Crippen LogP contribution in [0.3, 0.4) is 0 Å². The van der Waals surface area contributed by atoms with Gasteiger partial charge in [-0.2, -0.15) is 0 Å². The monoisotopic (exact) mass is 420 g/mol. The quantitative estimate of drug-likeness (QED) is 0.267. The molecule has 0 nitrogen and oxygen atoms in total. The maximum absolute atomic E-state index is 3.92. The first-order chi connectivity index (χ1) is 16.3. The van der Waals surface area contributed by atoms with Crippen LogP contribution in [0, 0.1) is 0 Å². The van der Waals surface area contributed by atoms with E-state index in [0.717, 1.165) is 12.0 Å². The molecule has 33 heavy (non-hydrogen) atoms. The molecular weight excluding hydrogens is 396 g/mol. The minimum atomic E-state index is 0.964. The van der Waals surface area contributed by atoms with Crippen molar-refractivity contribution in [2.24, 2.45) is 0 Å². The Kier molecular flexibility index (Phi) is 4.78. The zero-order chi connectivity index (χ0) is 22.2. The Morgan fingerprint density at radius 1 is 0.515 bits per heavy atom. The van der Waals surface area contributed by atoms with E-state index >= 15 is 0 Å². The highest BCUT2D eigenvalue weighted by Crippen LogP contribution is 2.50. The molecule has 0 saturated carbocycles. The first kappa shape index (κ1) is 19.5. The molecule has 5 aromatic rings. The van der Waals surface area contributed by atoms with Crippen LogP contribution in [0.15, 0.2) is 122 Å². The lowest BCUT2D eigenvalue weighted by Crippen LogP contribution is -1.96. The Morgan fingerprint density at radius 3 is 1.79 bits per heavy atom. The predicted molar refractivity (Wildman–Crippen MR) is 141 cm³/mol. The van der Waals surface area contributed by atoms with Gasteiger partial charge in [0.25, 0.3) is 0 Å². The van der Waals surface area contributed by atoms with Gasteiger partial charge in [-0.15, -0.1) is 0 Å². The Morgan fingerprint density at radius 2 is 1.12 bits per heavy atom. The van der Waals surface area contributed by atoms with Gasteiger partial charge >= 0.3 is 0 Å². The molecule has 0 spiro atoms. The molecule has 0 amide bonds. The maximum atomic E-state index is 3.92. The summed E-state index contributed by atoms with van der Waals surface area (Å²) < 4.78 is 0. The average molecular weight is 421 g/mol. The van der Waals surface area contributed by atoms with Crippen molar-refractivity contribution in [3.05, 3.63) is 139 Å². The maximum Gasteiger partial charge on any atom is -0.000705 e. The normalized spacial score (nSPS) is 11.6. The van der Waals surface area contributed by atoms with Crippen LogP contribution in [0.1, 0.15) is 16.7 Å². The van der Waals surface area contributed by atoms with Gasteiger partial charge in [0.05, 0.1) is 0 Å². The Labute approximate surface area is 195 Å². The van der Waals surface area contributed by atoms with E-state index in [1.54, 1.807) is 0 Å². The van der Waals surface area contributed by atoms with Crippen LogP contribution in [-0.2, 0) is 6.42 Å². The van der Waals surface area contributed by atoms with Gasteiger partial charge in [-0.05, 0) is 73.7 Å². The van der Waals surface area contributed by atoms with E-state index in [4.69, 9.17) is 0 Å². The van der Waals surface area contributed by atoms with Crippen molar-refractivity contribution in [2.45, 2.75) is 6.42 Å². The van der Waals surface area contributed by atoms with E-state index in [0.29, 0.717) is 0 Å². The summed E-state index contributed by atoms with van der Waals surface area (Å²) in [6.07, 6.45) is 2.86. The van der Waals surface area contributed by atoms with Gasteiger partial charge in [-0.3, -0.25) is 0 Å². The van der Waals surface area contributed by atoms with Crippen molar-refractivity contribution in [3.63, 3.8) is 0 Å². The average Bonchev–Trinajstić information content (AvgIpc) is 3.27. The summed E-state index contributed by atoms with van der Waals surface area (Å²) in [6, 6.07) is 41.7. The lowest BCUT2D eigenvalue weighted by molar-refractivity contribution is 1.26. The Bertz CT molecular complexity index is 1460. The van der Waals surface area contributed by atoms with Crippen molar-refractivity contribution in [2.75, 3.05) is 0 Å². The topological polar surface area (TPSA) is 0 Å². The zero-order valence-corrected chi connectivity index (χ0v) is 18.5. The van der Waals surface area contributed by atoms with E-state index in [1.165, 1.54) is 55.6 Å². The minimum Gasteiger partial charge on any atom is -0.0985 e. The summed E-state index contributed by atoms with van der Waals surface area (Å²) in [5.74, 6) is 0. The highest BCUT2D eigenvalue weighted by molar-refractivity contribution is 6.01. The van der Waals surface area contributed by atoms with Crippen LogP contribution in [-0.4, -0.2) is 0 Å². The van der Waals surface area contributed by atoms with Gasteiger partial charge in [-0.1, -0.05) is 122 Å². The van der Waals surface area contributed by atoms with E-state index in [-0.39, 0.29) is 0 Å². The summed E-state index contributed by atoms with van der Waals surface area (Å²) in [6.45, 7) is 3.92. The van der Waals surface area contributed by atoms with Gasteiger partial charge in [-0.25, -0.2) is 0 Å². The Balaban J connectivity index is 1.74. The molecule has 0 bridgehead atoms. The van der Waals surface area contributed by atoms with E-state index in [2.05, 4.69) is 122 Å². The molecule has 1 aliphatic carbocycles. The molecule has 0 heteroatoms. The summed E-state index contributed by atoms with van der Waals surface area (Å²) in [5, 5.41) is 0. The van der Waals surface area contributed by atoms with E-state index in [9.17, 15) is 0 Å². The third kappa shape index (κ3) is 3.32. The smallest absolute Gasteiger partial charge is 0.000705 e. The van der Waals surface area contributed by atoms with Crippen molar-refractivity contribution in [3.8, 4) is 44.5 Å². The molecular formula is C33H24. The highest BCUT2D eigenvalue weighted by atomic mass is 14.3. The van der Waals surface area contributed by atoms with E-state index in [1.807, 2.05) is 6.08 Å². The van der Waals surface area contributed by atoms with Crippen molar-refractivity contribution in [1.29, 1.82) is 0 Å². The molecule has 0 aliphatic heterocycles. The van der Waals surface area contributed by atoms with Crippen LogP contribution >= 0.6 is 0 Å². The van der Waals surface area contributed by atoms with Crippen LogP contribution in [0.2, 0.25) is 0 Å². The summed E-state index contributed by atoms with van der Waals surface area (Å²) in [7, 11) is 0. The molecule has 0 unspecified atom stereocenters. The number of fused-ring (bicyclic) bond motifs is 3. The highest BCUT2D eigenvalue weighted by Gasteiger charge is 2.27. The molecule has 0 fully saturated rings. The second kappa shape index (κ2) is 8.07. The zero-order valence-electron chi connectivity index (χ0n) is 18.5. The van der Waals surface area contributed by atoms with Crippen LogP contribution < -0.4 is 0 Å². The predicted octanol–water partition coefficient (Wildman–Crippen LogP) is 8.90. The fraction of sp³-hybridized carbons (Fsp3) is 0.0303. The van der Waals surface area contributed by atoms with Gasteiger partial charge in [0.1, 0.15) is 0 Å². The number of rotatable bonds is 4. The fourth-order valence-corrected chi connectivity index (χ4v) is 5.13. The standard InChI is InChI=1S/C33H24/c1-2-23-17-19-24(20-18-23)29-22-30-28-16-10-9-15-27(28)21-31(30)33(26-13-7-4-8-14-26)32(29)25-11-5-3-6-12-25/h2-20,22H,1,21H2. The van der Waals surface area contributed by atoms with Crippen molar-refractivity contribution < 1.29 is 0 Å². The molecule has 156 valence electrons. The molecule has 0 atom stereocenters. The molecule has 0 aromatic heterocycles. The molecule has 1 aliphatic rings. The third-order valence-corrected chi connectivity index (χ3v) is 6.69. The SMILES string of the molecule is C=Cc1ccc(-c2cc3c(c(-c4ccccc4)c2-c2ccccc2)Cc2ccccc2-3)cc1. The molecule has 6 rings (SSSR count). The van der Waals surface area contributed by atoms with Crippen LogP contribution in [0.4, 0.5) is 0 Å². The van der Waals surface area contributed by atoms with Crippen molar-refractivity contribution >= 4 is 6.08 Å². The second-order valence-electron chi connectivity index (χ2n) is 8.59. The lowest BCUT2D eigenvalue weighted by atomic mass is 9.82. The first-order valence-electron chi connectivity index (χ1n) is 11.5. The van der Waals surface area contributed by atoms with Gasteiger partial charge < -0.3 is 0 Å². The van der Waals surface area contributed by atoms with Crippen molar-refractivity contribution in [1.82, 2.24) is 0 Å². The first-order valence-corrected chi connectivity index (χ1v) is 11.5. The van der Waals surface area contributed by atoms with Crippen LogP contribution in [0.25, 0.3) is 50.6 Å². The fourth-order valence-electron chi connectivity index (χ4n) is 5.13. The summed E-state index contributed by atoms with van der Waals surface area (Å²) in [4.78, 5) is 0. The summed E-state index contributed by atoms with van der Waals surface area (Å²) >= 11 is 0. The van der Waals surface area contributed by atoms with Crippen LogP contribution in [0.5, 0.6) is 0 Å². The third-order valence-electron chi connectivity index (χ3n) is 6.69. The molecule has 0 saturated heterocycles.